The van der Waals surface area contributed by atoms with Gasteiger partial charge < -0.3 is 15.2 Å². The van der Waals surface area contributed by atoms with Gasteiger partial charge in [-0.15, -0.1) is 0 Å². The number of aromatic nitrogens is 1. The first kappa shape index (κ1) is 20.8. The van der Waals surface area contributed by atoms with Gasteiger partial charge in [0.2, 0.25) is 5.60 Å². The number of carbonyl (C=O) groups excluding carboxylic acids is 2. The number of ketones is 1. The van der Waals surface area contributed by atoms with E-state index in [1.165, 1.54) is 13.0 Å². The zero-order valence-electron chi connectivity index (χ0n) is 14.5. The molecule has 0 spiro atoms. The van der Waals surface area contributed by atoms with Crippen LogP contribution in [0.2, 0.25) is 0 Å². The number of anilines is 1. The minimum Gasteiger partial charge on any atom is -0.464 e. The molecule has 2 N–H and O–H groups in total. The first-order chi connectivity index (χ1) is 13.3. The maximum absolute atomic E-state index is 13.8. The van der Waals surface area contributed by atoms with Crippen molar-refractivity contribution in [3.05, 3.63) is 35.5 Å². The Balaban J connectivity index is 2.37. The number of alkyl halides is 6. The fourth-order valence-corrected chi connectivity index (χ4v) is 3.21. The molecule has 1 aliphatic heterocycles. The molecule has 6 nitrogen and oxygen atoms in total. The van der Waals surface area contributed by atoms with Gasteiger partial charge in [0.1, 0.15) is 0 Å². The van der Waals surface area contributed by atoms with E-state index >= 15 is 0 Å². The Morgan fingerprint density at radius 2 is 1.93 bits per heavy atom. The second-order valence-electron chi connectivity index (χ2n) is 6.17. The molecule has 2 atom stereocenters. The van der Waals surface area contributed by atoms with Gasteiger partial charge in [0.25, 0.3) is 5.78 Å². The number of esters is 1. The van der Waals surface area contributed by atoms with Gasteiger partial charge >= 0.3 is 18.3 Å². The van der Waals surface area contributed by atoms with Gasteiger partial charge in [0, 0.05) is 17.1 Å². The Labute approximate surface area is 158 Å². The van der Waals surface area contributed by atoms with Gasteiger partial charge in [-0.25, -0.2) is 4.79 Å². The third kappa shape index (κ3) is 3.07. The van der Waals surface area contributed by atoms with E-state index in [0.717, 1.165) is 12.3 Å². The number of nitrogens with one attached hydrogen (secondary N) is 1. The van der Waals surface area contributed by atoms with E-state index in [9.17, 15) is 41.0 Å². The van der Waals surface area contributed by atoms with Crippen LogP contribution in [0.3, 0.4) is 0 Å². The van der Waals surface area contributed by atoms with E-state index in [4.69, 9.17) is 0 Å². The molecule has 0 saturated heterocycles. The maximum atomic E-state index is 13.8. The molecular formula is C17H12F6N2O4. The van der Waals surface area contributed by atoms with Crippen LogP contribution < -0.4 is 5.32 Å². The van der Waals surface area contributed by atoms with Crippen molar-refractivity contribution in [3.63, 3.8) is 0 Å². The number of pyridine rings is 1. The highest BCUT2D eigenvalue weighted by Crippen LogP contribution is 2.52. The Kier molecular flexibility index (Phi) is 4.72. The fourth-order valence-electron chi connectivity index (χ4n) is 3.21. The third-order valence-electron chi connectivity index (χ3n) is 4.46. The molecule has 12 heteroatoms. The Bertz CT molecular complexity index is 1000. The summed E-state index contributed by atoms with van der Waals surface area (Å²) in [6, 6.07) is 0.208. The summed E-state index contributed by atoms with van der Waals surface area (Å²) < 4.78 is 85.0. The van der Waals surface area contributed by atoms with Crippen LogP contribution in [-0.4, -0.2) is 46.8 Å². The minimum absolute atomic E-state index is 0.264. The molecule has 1 aromatic carbocycles. The average Bonchev–Trinajstić information content (AvgIpc) is 2.94. The molecule has 2 aromatic rings. The largest absolute Gasteiger partial charge is 0.464 e. The molecule has 0 radical (unpaired) electrons. The lowest BCUT2D eigenvalue weighted by molar-refractivity contribution is -0.269. The number of benzene rings is 1. The number of hydrogen-bond donors (Lipinski definition) is 2. The van der Waals surface area contributed by atoms with Crippen molar-refractivity contribution in [2.45, 2.75) is 30.9 Å². The predicted octanol–water partition coefficient (Wildman–Crippen LogP) is 3.09. The summed E-state index contributed by atoms with van der Waals surface area (Å²) in [5.41, 5.74) is -7.21. The number of fused-ring (bicyclic) bond motifs is 3. The van der Waals surface area contributed by atoms with E-state index in [2.05, 4.69) is 15.0 Å². The van der Waals surface area contributed by atoms with Crippen LogP contribution in [0.5, 0.6) is 0 Å². The van der Waals surface area contributed by atoms with Crippen molar-refractivity contribution >= 4 is 28.3 Å². The summed E-state index contributed by atoms with van der Waals surface area (Å²) >= 11 is 0. The molecule has 0 bridgehead atoms. The van der Waals surface area contributed by atoms with Crippen LogP contribution in [-0.2, 0) is 15.1 Å². The second kappa shape index (κ2) is 6.58. The Morgan fingerprint density at radius 3 is 2.48 bits per heavy atom. The highest BCUT2D eigenvalue weighted by molar-refractivity contribution is 6.13. The van der Waals surface area contributed by atoms with Gasteiger partial charge in [-0.05, 0) is 25.1 Å². The van der Waals surface area contributed by atoms with Crippen molar-refractivity contribution in [1.29, 1.82) is 0 Å². The smallest absolute Gasteiger partial charge is 0.454 e. The Morgan fingerprint density at radius 1 is 1.28 bits per heavy atom. The van der Waals surface area contributed by atoms with E-state index in [1.54, 1.807) is 0 Å². The van der Waals surface area contributed by atoms with E-state index in [1.807, 2.05) is 0 Å². The molecule has 29 heavy (non-hydrogen) atoms. The fraction of sp³-hybridized carbons (Fsp3) is 0.353. The summed E-state index contributed by atoms with van der Waals surface area (Å²) in [5, 5.41) is 12.4. The van der Waals surface area contributed by atoms with Crippen LogP contribution >= 0.6 is 0 Å². The summed E-state index contributed by atoms with van der Waals surface area (Å²) in [6.07, 6.45) is -9.84. The lowest BCUT2D eigenvalue weighted by Gasteiger charge is -2.31. The van der Waals surface area contributed by atoms with Gasteiger partial charge in [-0.3, -0.25) is 9.78 Å². The summed E-state index contributed by atoms with van der Waals surface area (Å²) in [4.78, 5) is 27.6. The number of carbonyl (C=O) groups is 2. The van der Waals surface area contributed by atoms with Crippen molar-refractivity contribution in [1.82, 2.24) is 4.98 Å². The van der Waals surface area contributed by atoms with Crippen LogP contribution in [0.1, 0.15) is 22.8 Å². The quantitative estimate of drug-likeness (QED) is 0.449. The van der Waals surface area contributed by atoms with Crippen LogP contribution in [0, 0.1) is 0 Å². The number of nitrogens with zero attached hydrogens (tertiary/aromatic N) is 1. The number of Topliss-reactive ketones (excluding diaryl/α,β-unsaturated/α-hetero) is 1. The molecule has 156 valence electrons. The summed E-state index contributed by atoms with van der Waals surface area (Å²) in [7, 11) is 0. The van der Waals surface area contributed by atoms with E-state index in [-0.39, 0.29) is 18.1 Å². The predicted molar refractivity (Wildman–Crippen MR) is 86.1 cm³/mol. The van der Waals surface area contributed by atoms with Gasteiger partial charge in [0.05, 0.1) is 23.4 Å². The molecule has 1 aromatic heterocycles. The van der Waals surface area contributed by atoms with Gasteiger partial charge in [0.15, 0.2) is 6.04 Å². The molecule has 0 saturated carbocycles. The summed E-state index contributed by atoms with van der Waals surface area (Å²) in [5.74, 6) is -3.91. The van der Waals surface area contributed by atoms with E-state index in [0.29, 0.717) is 0 Å². The standard InChI is InChI=1S/C17H12F6N2O4/c1-2-29-14(27)12-15(28,17(21,22)23)9-6-8(13(26)16(18,19)20)10-7(11(9)25-12)4-3-5-24-10/h3-6,12,25,28H,2H2,1H3. The number of rotatable bonds is 3. The zero-order valence-corrected chi connectivity index (χ0v) is 14.5. The summed E-state index contributed by atoms with van der Waals surface area (Å²) in [6.45, 7) is 1.02. The van der Waals surface area contributed by atoms with Crippen LogP contribution in [0.25, 0.3) is 10.9 Å². The molecule has 2 heterocycles. The van der Waals surface area contributed by atoms with Gasteiger partial charge in [-0.2, -0.15) is 26.3 Å². The van der Waals surface area contributed by atoms with Crippen molar-refractivity contribution in [2.75, 3.05) is 11.9 Å². The first-order valence-corrected chi connectivity index (χ1v) is 8.10. The maximum Gasteiger partial charge on any atom is 0.454 e. The molecule has 2 unspecified atom stereocenters. The second-order valence-corrected chi connectivity index (χ2v) is 6.17. The molecule has 0 aliphatic carbocycles. The lowest BCUT2D eigenvalue weighted by atomic mass is 9.86. The normalized spacial score (nSPS) is 21.6. The van der Waals surface area contributed by atoms with Crippen molar-refractivity contribution in [3.8, 4) is 0 Å². The number of hydrogen-bond acceptors (Lipinski definition) is 6. The molecule has 1 aliphatic rings. The molecular weight excluding hydrogens is 410 g/mol. The van der Waals surface area contributed by atoms with Crippen LogP contribution in [0.15, 0.2) is 24.4 Å². The van der Waals surface area contributed by atoms with Crippen molar-refractivity contribution in [2.24, 2.45) is 0 Å². The minimum atomic E-state index is -5.49. The molecule has 0 amide bonds. The molecule has 0 fully saturated rings. The van der Waals surface area contributed by atoms with Crippen molar-refractivity contribution < 1.29 is 45.8 Å². The van der Waals surface area contributed by atoms with Gasteiger partial charge in [-0.1, -0.05) is 0 Å². The number of aliphatic hydroxyl groups is 1. The lowest BCUT2D eigenvalue weighted by Crippen LogP contribution is -2.54. The highest BCUT2D eigenvalue weighted by Gasteiger charge is 2.67. The number of halogens is 6. The molecule has 3 rings (SSSR count). The third-order valence-corrected chi connectivity index (χ3v) is 4.46. The highest BCUT2D eigenvalue weighted by atomic mass is 19.4. The SMILES string of the molecule is CCOC(=O)C1Nc2c(cc(C(=O)C(F)(F)F)c3ncccc23)C1(O)C(F)(F)F. The number of ether oxygens (including phenoxy) is 1. The van der Waals surface area contributed by atoms with Crippen LogP contribution in [0.4, 0.5) is 32.0 Å². The zero-order chi connectivity index (χ0) is 21.8. The topological polar surface area (TPSA) is 88.5 Å². The average molecular weight is 422 g/mol. The monoisotopic (exact) mass is 422 g/mol. The Hall–Kier alpha value is -2.89. The van der Waals surface area contributed by atoms with E-state index < -0.39 is 58.1 Å². The first-order valence-electron chi connectivity index (χ1n) is 8.10.